The van der Waals surface area contributed by atoms with Crippen LogP contribution in [0.5, 0.6) is 0 Å². The van der Waals surface area contributed by atoms with Crippen molar-refractivity contribution < 1.29 is 41.8 Å². The van der Waals surface area contributed by atoms with Gasteiger partial charge in [-0.3, -0.25) is 0 Å². The molecule has 0 saturated carbocycles. The molecule has 0 aromatic carbocycles. The van der Waals surface area contributed by atoms with E-state index in [0.717, 1.165) is 0 Å². The van der Waals surface area contributed by atoms with Crippen molar-refractivity contribution in [3.8, 4) is 0 Å². The van der Waals surface area contributed by atoms with E-state index in [4.69, 9.17) is 11.4 Å². The number of rotatable bonds is 0. The summed E-state index contributed by atoms with van der Waals surface area (Å²) in [6.45, 7) is 0. The summed E-state index contributed by atoms with van der Waals surface area (Å²) >= 11 is -3.79. The van der Waals surface area contributed by atoms with Crippen LogP contribution in [0.1, 0.15) is 0 Å². The molecule has 48 valence electrons. The molecule has 6 nitrogen and oxygen atoms in total. The van der Waals surface area contributed by atoms with Crippen molar-refractivity contribution in [2.45, 2.75) is 0 Å². The SMILES string of the molecule is O.O.O.[O]=[Cr](=[O])=[O]. The third-order valence-electron chi connectivity index (χ3n) is 0. The van der Waals surface area contributed by atoms with Crippen LogP contribution < -0.4 is 0 Å². The first-order chi connectivity index (χ1) is 1.73. The van der Waals surface area contributed by atoms with E-state index in [1.54, 1.807) is 0 Å². The molecule has 0 aliphatic heterocycles. The van der Waals surface area contributed by atoms with Crippen molar-refractivity contribution in [3.05, 3.63) is 0 Å². The van der Waals surface area contributed by atoms with Gasteiger partial charge in [-0.05, 0) is 0 Å². The fourth-order valence-corrected chi connectivity index (χ4v) is 0. The Balaban J connectivity index is -0.0000000150. The van der Waals surface area contributed by atoms with Crippen molar-refractivity contribution in [2.24, 2.45) is 0 Å². The number of hydrogen-bond acceptors (Lipinski definition) is 3. The van der Waals surface area contributed by atoms with E-state index in [1.165, 1.54) is 0 Å². The first-order valence-corrected chi connectivity index (χ1v) is 2.06. The molecule has 0 radical (unpaired) electrons. The Bertz CT molecular complexity index is 73.6. The molecule has 0 unspecified atom stereocenters. The first kappa shape index (κ1) is 29.1. The predicted octanol–water partition coefficient (Wildman–Crippen LogP) is -2.83. The van der Waals surface area contributed by atoms with Crippen molar-refractivity contribution in [3.63, 3.8) is 0 Å². The molecule has 0 saturated heterocycles. The Morgan fingerprint density at radius 2 is 0.714 bits per heavy atom. The average molecular weight is 154 g/mol. The van der Waals surface area contributed by atoms with Crippen LogP contribution >= 0.6 is 0 Å². The van der Waals surface area contributed by atoms with Crippen molar-refractivity contribution in [1.29, 1.82) is 0 Å². The molecule has 0 aliphatic carbocycles. The van der Waals surface area contributed by atoms with E-state index in [-0.39, 0.29) is 16.4 Å². The zero-order chi connectivity index (χ0) is 3.58. The Morgan fingerprint density at radius 1 is 0.714 bits per heavy atom. The fraction of sp³-hybridized carbons (Fsp3) is 0. The van der Waals surface area contributed by atoms with E-state index in [1.807, 2.05) is 0 Å². The quantitative estimate of drug-likeness (QED) is 0.370. The van der Waals surface area contributed by atoms with Crippen LogP contribution in [0.2, 0.25) is 0 Å². The topological polar surface area (TPSA) is 146 Å². The fourth-order valence-electron chi connectivity index (χ4n) is 0. The molecule has 6 N–H and O–H groups in total. The minimum atomic E-state index is -3.79. The third-order valence-corrected chi connectivity index (χ3v) is 0. The van der Waals surface area contributed by atoms with Gasteiger partial charge >= 0.3 is 25.4 Å². The molecule has 0 aliphatic rings. The zero-order valence-electron chi connectivity index (χ0n) is 3.13. The summed E-state index contributed by atoms with van der Waals surface area (Å²) in [5.74, 6) is 0. The molecule has 0 amide bonds. The van der Waals surface area contributed by atoms with Gasteiger partial charge in [-0.25, -0.2) is 0 Å². The van der Waals surface area contributed by atoms with Gasteiger partial charge in [0.25, 0.3) is 0 Å². The van der Waals surface area contributed by atoms with Crippen LogP contribution in [0.15, 0.2) is 0 Å². The van der Waals surface area contributed by atoms with Gasteiger partial charge in [-0.2, -0.15) is 0 Å². The van der Waals surface area contributed by atoms with Gasteiger partial charge in [0.1, 0.15) is 0 Å². The van der Waals surface area contributed by atoms with Gasteiger partial charge < -0.3 is 16.4 Å². The van der Waals surface area contributed by atoms with Crippen LogP contribution in [0, 0.1) is 0 Å². The summed E-state index contributed by atoms with van der Waals surface area (Å²) in [5.41, 5.74) is 0. The van der Waals surface area contributed by atoms with Gasteiger partial charge in [0.2, 0.25) is 0 Å². The Hall–Kier alpha value is -0.188. The molecule has 0 rings (SSSR count). The van der Waals surface area contributed by atoms with E-state index in [2.05, 4.69) is 0 Å². The summed E-state index contributed by atoms with van der Waals surface area (Å²) in [5, 5.41) is 0. The molecular weight excluding hydrogens is 148 g/mol. The van der Waals surface area contributed by atoms with Crippen LogP contribution in [-0.4, -0.2) is 16.4 Å². The normalized spacial score (nSPS) is 3.43. The molecule has 0 spiro atoms. The van der Waals surface area contributed by atoms with Crippen LogP contribution in [-0.2, 0) is 25.4 Å². The average Bonchev–Trinajstić information content (AvgIpc) is 0.811. The maximum absolute atomic E-state index is 8.54. The maximum atomic E-state index is 8.54. The monoisotopic (exact) mass is 154 g/mol. The van der Waals surface area contributed by atoms with Crippen molar-refractivity contribution >= 4 is 0 Å². The summed E-state index contributed by atoms with van der Waals surface area (Å²) in [4.78, 5) is 0. The van der Waals surface area contributed by atoms with Crippen molar-refractivity contribution in [1.82, 2.24) is 0 Å². The molecule has 7 heavy (non-hydrogen) atoms. The summed E-state index contributed by atoms with van der Waals surface area (Å²) < 4.78 is 25.6. The standard InChI is InChI=1S/Cr.3H2O.3O/h;3*1H2;;;. The Morgan fingerprint density at radius 3 is 0.714 bits per heavy atom. The van der Waals surface area contributed by atoms with E-state index in [0.29, 0.717) is 0 Å². The molecular formula is H6CrO6. The number of hydrogen-bond donors (Lipinski definition) is 0. The summed E-state index contributed by atoms with van der Waals surface area (Å²) in [6, 6.07) is 0. The Labute approximate surface area is 42.7 Å². The van der Waals surface area contributed by atoms with Gasteiger partial charge in [0.15, 0.2) is 0 Å². The van der Waals surface area contributed by atoms with E-state index >= 15 is 0 Å². The minimum absolute atomic E-state index is 0. The Kier molecular flexibility index (Phi) is 70.7. The summed E-state index contributed by atoms with van der Waals surface area (Å²) in [7, 11) is 0. The van der Waals surface area contributed by atoms with Crippen LogP contribution in [0.4, 0.5) is 0 Å². The molecule has 0 aromatic heterocycles. The molecule has 0 bridgehead atoms. The van der Waals surface area contributed by atoms with Crippen molar-refractivity contribution in [2.75, 3.05) is 0 Å². The third kappa shape index (κ3) is 2400. The second kappa shape index (κ2) is 17.0. The van der Waals surface area contributed by atoms with Gasteiger partial charge in [-0.15, -0.1) is 0 Å². The van der Waals surface area contributed by atoms with E-state index in [9.17, 15) is 0 Å². The van der Waals surface area contributed by atoms with Crippen LogP contribution in [0.25, 0.3) is 0 Å². The molecule has 0 fully saturated rings. The molecule has 0 aromatic rings. The zero-order valence-corrected chi connectivity index (χ0v) is 4.41. The second-order valence-corrected chi connectivity index (χ2v) is 0.842. The molecule has 0 heterocycles. The van der Waals surface area contributed by atoms with Gasteiger partial charge in [0, 0.05) is 0 Å². The summed E-state index contributed by atoms with van der Waals surface area (Å²) in [6.07, 6.45) is 0. The van der Waals surface area contributed by atoms with Crippen LogP contribution in [0.3, 0.4) is 0 Å². The van der Waals surface area contributed by atoms with Gasteiger partial charge in [0.05, 0.1) is 0 Å². The molecule has 0 atom stereocenters. The molecule has 7 heteroatoms. The second-order valence-electron chi connectivity index (χ2n) is 0.204. The first-order valence-electron chi connectivity index (χ1n) is 0.500. The van der Waals surface area contributed by atoms with Gasteiger partial charge in [-0.1, -0.05) is 0 Å². The van der Waals surface area contributed by atoms with E-state index < -0.39 is 14.0 Å². The predicted molar refractivity (Wildman–Crippen MR) is 12.9 cm³/mol.